The number of hydrogen-bond acceptors (Lipinski definition) is 2. The fourth-order valence-corrected chi connectivity index (χ4v) is 1.52. The number of hydrogen-bond donors (Lipinski definition) is 2. The zero-order valence-electron chi connectivity index (χ0n) is 9.70. The van der Waals surface area contributed by atoms with Crippen molar-refractivity contribution in [1.29, 1.82) is 0 Å². The first kappa shape index (κ1) is 12.6. The average molecular weight is 221 g/mol. The third-order valence-corrected chi connectivity index (χ3v) is 2.39. The molecule has 1 amide bonds. The Kier molecular flexibility index (Phi) is 5.40. The highest BCUT2D eigenvalue weighted by Crippen LogP contribution is 2.15. The molecule has 1 aromatic rings. The van der Waals surface area contributed by atoms with Crippen LogP contribution in [-0.2, 0) is 4.79 Å². The van der Waals surface area contributed by atoms with Crippen molar-refractivity contribution in [3.05, 3.63) is 24.3 Å². The largest absolute Gasteiger partial charge is 0.508 e. The Morgan fingerprint density at radius 3 is 2.81 bits per heavy atom. The van der Waals surface area contributed by atoms with Gasteiger partial charge in [-0.3, -0.25) is 4.79 Å². The number of nitrogens with one attached hydrogen (secondary N) is 1. The third-order valence-electron chi connectivity index (χ3n) is 2.39. The maximum Gasteiger partial charge on any atom is 0.224 e. The van der Waals surface area contributed by atoms with E-state index in [0.717, 1.165) is 12.8 Å². The molecule has 16 heavy (non-hydrogen) atoms. The molecule has 0 aliphatic carbocycles. The van der Waals surface area contributed by atoms with Crippen molar-refractivity contribution in [1.82, 2.24) is 0 Å². The molecule has 0 saturated carbocycles. The molecular formula is C13H19NO2. The number of anilines is 1. The first-order chi connectivity index (χ1) is 7.72. The summed E-state index contributed by atoms with van der Waals surface area (Å²) in [5.74, 6) is 0.186. The van der Waals surface area contributed by atoms with E-state index in [1.165, 1.54) is 12.8 Å². The first-order valence-electron chi connectivity index (χ1n) is 5.81. The van der Waals surface area contributed by atoms with Gasteiger partial charge in [-0.05, 0) is 18.6 Å². The zero-order chi connectivity index (χ0) is 11.8. The summed E-state index contributed by atoms with van der Waals surface area (Å²) < 4.78 is 0. The van der Waals surface area contributed by atoms with Gasteiger partial charge < -0.3 is 10.4 Å². The van der Waals surface area contributed by atoms with E-state index in [4.69, 9.17) is 0 Å². The number of phenols is 1. The quantitative estimate of drug-likeness (QED) is 0.724. The van der Waals surface area contributed by atoms with Gasteiger partial charge in [-0.2, -0.15) is 0 Å². The molecular weight excluding hydrogens is 202 g/mol. The van der Waals surface area contributed by atoms with Crippen molar-refractivity contribution < 1.29 is 9.90 Å². The van der Waals surface area contributed by atoms with E-state index < -0.39 is 0 Å². The monoisotopic (exact) mass is 221 g/mol. The first-order valence-corrected chi connectivity index (χ1v) is 5.81. The topological polar surface area (TPSA) is 49.3 Å². The van der Waals surface area contributed by atoms with Crippen LogP contribution in [0.15, 0.2) is 24.3 Å². The highest BCUT2D eigenvalue weighted by atomic mass is 16.3. The van der Waals surface area contributed by atoms with Gasteiger partial charge in [0.15, 0.2) is 0 Å². The Balaban J connectivity index is 2.29. The summed E-state index contributed by atoms with van der Waals surface area (Å²) in [6, 6.07) is 6.60. The smallest absolute Gasteiger partial charge is 0.224 e. The van der Waals surface area contributed by atoms with Gasteiger partial charge in [-0.25, -0.2) is 0 Å². The highest BCUT2D eigenvalue weighted by Gasteiger charge is 2.02. The average Bonchev–Trinajstić information content (AvgIpc) is 2.24. The van der Waals surface area contributed by atoms with E-state index >= 15 is 0 Å². The Hall–Kier alpha value is -1.51. The summed E-state index contributed by atoms with van der Waals surface area (Å²) in [4.78, 5) is 11.5. The number of carbonyl (C=O) groups excluding carboxylic acids is 1. The van der Waals surface area contributed by atoms with Crippen LogP contribution in [0, 0.1) is 0 Å². The van der Waals surface area contributed by atoms with Crippen molar-refractivity contribution in [2.24, 2.45) is 0 Å². The van der Waals surface area contributed by atoms with Crippen molar-refractivity contribution >= 4 is 11.6 Å². The van der Waals surface area contributed by atoms with Crippen LogP contribution in [0.25, 0.3) is 0 Å². The van der Waals surface area contributed by atoms with Gasteiger partial charge in [0, 0.05) is 18.2 Å². The number of benzene rings is 1. The second-order valence-electron chi connectivity index (χ2n) is 3.91. The van der Waals surface area contributed by atoms with Gasteiger partial charge in [0.05, 0.1) is 0 Å². The van der Waals surface area contributed by atoms with Gasteiger partial charge in [0.25, 0.3) is 0 Å². The summed E-state index contributed by atoms with van der Waals surface area (Å²) in [7, 11) is 0. The van der Waals surface area contributed by atoms with Crippen LogP contribution < -0.4 is 5.32 Å². The molecule has 1 aromatic carbocycles. The van der Waals surface area contributed by atoms with E-state index in [0.29, 0.717) is 12.1 Å². The summed E-state index contributed by atoms with van der Waals surface area (Å²) in [5, 5.41) is 12.0. The lowest BCUT2D eigenvalue weighted by atomic mass is 10.1. The molecule has 0 saturated heterocycles. The molecule has 0 aliphatic heterocycles. The Bertz CT molecular complexity index is 336. The molecule has 0 aliphatic rings. The van der Waals surface area contributed by atoms with Gasteiger partial charge in [0.2, 0.25) is 5.91 Å². The number of rotatable bonds is 6. The van der Waals surface area contributed by atoms with Crippen molar-refractivity contribution in [3.63, 3.8) is 0 Å². The normalized spacial score (nSPS) is 10.1. The van der Waals surface area contributed by atoms with Gasteiger partial charge >= 0.3 is 0 Å². The van der Waals surface area contributed by atoms with E-state index in [9.17, 15) is 9.90 Å². The Morgan fingerprint density at radius 1 is 1.31 bits per heavy atom. The summed E-state index contributed by atoms with van der Waals surface area (Å²) in [6.45, 7) is 2.15. The van der Waals surface area contributed by atoms with E-state index in [2.05, 4.69) is 12.2 Å². The number of unbranched alkanes of at least 4 members (excludes halogenated alkanes) is 3. The minimum atomic E-state index is 0.0155. The molecule has 88 valence electrons. The van der Waals surface area contributed by atoms with Crippen LogP contribution in [0.1, 0.15) is 39.0 Å². The second kappa shape index (κ2) is 6.88. The van der Waals surface area contributed by atoms with E-state index in [-0.39, 0.29) is 11.7 Å². The molecule has 0 aromatic heterocycles. The molecule has 0 unspecified atom stereocenters. The van der Waals surface area contributed by atoms with Gasteiger partial charge in [-0.1, -0.05) is 32.3 Å². The molecule has 0 spiro atoms. The number of amides is 1. The lowest BCUT2D eigenvalue weighted by Gasteiger charge is -2.05. The lowest BCUT2D eigenvalue weighted by Crippen LogP contribution is -2.10. The third kappa shape index (κ3) is 4.82. The number of carbonyl (C=O) groups is 1. The number of aromatic hydroxyl groups is 1. The van der Waals surface area contributed by atoms with Crippen LogP contribution in [-0.4, -0.2) is 11.0 Å². The van der Waals surface area contributed by atoms with Crippen molar-refractivity contribution in [3.8, 4) is 5.75 Å². The molecule has 0 fully saturated rings. The highest BCUT2D eigenvalue weighted by molar-refractivity contribution is 5.90. The van der Waals surface area contributed by atoms with Crippen LogP contribution in [0.4, 0.5) is 5.69 Å². The van der Waals surface area contributed by atoms with Gasteiger partial charge in [0.1, 0.15) is 5.75 Å². The predicted octanol–water partition coefficient (Wildman–Crippen LogP) is 3.30. The SMILES string of the molecule is CCCCCCC(=O)Nc1cccc(O)c1. The lowest BCUT2D eigenvalue weighted by molar-refractivity contribution is -0.116. The summed E-state index contributed by atoms with van der Waals surface area (Å²) in [5.41, 5.74) is 0.653. The predicted molar refractivity (Wildman–Crippen MR) is 65.5 cm³/mol. The fraction of sp³-hybridized carbons (Fsp3) is 0.462. The molecule has 3 nitrogen and oxygen atoms in total. The Labute approximate surface area is 96.5 Å². The second-order valence-corrected chi connectivity index (χ2v) is 3.91. The maximum atomic E-state index is 11.5. The van der Waals surface area contributed by atoms with Crippen LogP contribution in [0.2, 0.25) is 0 Å². The minimum Gasteiger partial charge on any atom is -0.508 e. The molecule has 2 N–H and O–H groups in total. The molecule has 0 radical (unpaired) electrons. The van der Waals surface area contributed by atoms with Crippen molar-refractivity contribution in [2.45, 2.75) is 39.0 Å². The standard InChI is InChI=1S/C13H19NO2/c1-2-3-4-5-9-13(16)14-11-7-6-8-12(15)10-11/h6-8,10,15H,2-5,9H2,1H3,(H,14,16). The molecule has 1 rings (SSSR count). The summed E-state index contributed by atoms with van der Waals surface area (Å²) in [6.07, 6.45) is 4.94. The van der Waals surface area contributed by atoms with Crippen LogP contribution in [0.5, 0.6) is 5.75 Å². The molecule has 0 atom stereocenters. The van der Waals surface area contributed by atoms with E-state index in [1.54, 1.807) is 24.3 Å². The van der Waals surface area contributed by atoms with Crippen LogP contribution in [0.3, 0.4) is 0 Å². The van der Waals surface area contributed by atoms with Crippen molar-refractivity contribution in [2.75, 3.05) is 5.32 Å². The minimum absolute atomic E-state index is 0.0155. The number of phenolic OH excluding ortho intramolecular Hbond substituents is 1. The molecule has 0 bridgehead atoms. The fourth-order valence-electron chi connectivity index (χ4n) is 1.52. The van der Waals surface area contributed by atoms with Crippen LogP contribution >= 0.6 is 0 Å². The molecule has 3 heteroatoms. The Morgan fingerprint density at radius 2 is 2.12 bits per heavy atom. The summed E-state index contributed by atoms with van der Waals surface area (Å²) >= 11 is 0. The van der Waals surface area contributed by atoms with Gasteiger partial charge in [-0.15, -0.1) is 0 Å². The van der Waals surface area contributed by atoms with E-state index in [1.807, 2.05) is 0 Å². The molecule has 0 heterocycles. The maximum absolute atomic E-state index is 11.5. The zero-order valence-corrected chi connectivity index (χ0v) is 9.70.